The molecular formula is C29H26N4O4S. The minimum atomic E-state index is -0.984. The first kappa shape index (κ1) is 25.2. The molecule has 1 saturated heterocycles. The van der Waals surface area contributed by atoms with Crippen molar-refractivity contribution in [2.75, 3.05) is 11.9 Å². The van der Waals surface area contributed by atoms with E-state index in [-0.39, 0.29) is 30.0 Å². The largest absolute Gasteiger partial charge is 0.478 e. The zero-order valence-corrected chi connectivity index (χ0v) is 21.4. The lowest BCUT2D eigenvalue weighted by atomic mass is 10.0. The van der Waals surface area contributed by atoms with Crippen LogP contribution in [0.15, 0.2) is 89.5 Å². The molecule has 2 atom stereocenters. The molecule has 1 aliphatic heterocycles. The Morgan fingerprint density at radius 3 is 2.53 bits per heavy atom. The molecule has 38 heavy (non-hydrogen) atoms. The van der Waals surface area contributed by atoms with Gasteiger partial charge in [-0.05, 0) is 67.2 Å². The summed E-state index contributed by atoms with van der Waals surface area (Å²) in [7, 11) is 0. The number of hydrogen-bond donors (Lipinski definition) is 3. The van der Waals surface area contributed by atoms with Crippen molar-refractivity contribution < 1.29 is 19.1 Å². The molecule has 3 N–H and O–H groups in total. The van der Waals surface area contributed by atoms with Gasteiger partial charge in [0, 0.05) is 30.4 Å². The normalized spacial score (nSPS) is 16.8. The molecule has 5 rings (SSSR count). The summed E-state index contributed by atoms with van der Waals surface area (Å²) in [6.07, 6.45) is 1.96. The fraction of sp³-hybridized carbons (Fsp3) is 0.172. The van der Waals surface area contributed by atoms with Crippen LogP contribution in [0.25, 0.3) is 11.3 Å². The summed E-state index contributed by atoms with van der Waals surface area (Å²) >= 11 is 5.69. The van der Waals surface area contributed by atoms with Crippen LogP contribution in [0.2, 0.25) is 0 Å². The second kappa shape index (κ2) is 10.9. The van der Waals surface area contributed by atoms with Crippen molar-refractivity contribution in [1.29, 1.82) is 0 Å². The molecule has 8 nitrogen and oxygen atoms in total. The summed E-state index contributed by atoms with van der Waals surface area (Å²) < 4.78 is 6.29. The van der Waals surface area contributed by atoms with Gasteiger partial charge in [-0.15, -0.1) is 0 Å². The number of aromatic nitrogens is 1. The molecule has 2 aromatic carbocycles. The Balaban J connectivity index is 1.40. The van der Waals surface area contributed by atoms with Crippen molar-refractivity contribution in [3.63, 3.8) is 0 Å². The number of carboxylic acid groups (broad SMARTS) is 1. The molecule has 4 aromatic rings. The lowest BCUT2D eigenvalue weighted by Gasteiger charge is -2.26. The highest BCUT2D eigenvalue weighted by Gasteiger charge is 2.41. The number of amides is 1. The van der Waals surface area contributed by atoms with E-state index < -0.39 is 5.97 Å². The van der Waals surface area contributed by atoms with E-state index in [2.05, 4.69) is 15.6 Å². The fourth-order valence-electron chi connectivity index (χ4n) is 4.55. The molecule has 3 heterocycles. The maximum Gasteiger partial charge on any atom is 0.335 e. The van der Waals surface area contributed by atoms with E-state index in [0.717, 1.165) is 22.5 Å². The molecule has 1 fully saturated rings. The van der Waals surface area contributed by atoms with E-state index in [9.17, 15) is 14.7 Å². The lowest BCUT2D eigenvalue weighted by molar-refractivity contribution is -0.116. The lowest BCUT2D eigenvalue weighted by Crippen LogP contribution is -2.32. The van der Waals surface area contributed by atoms with Gasteiger partial charge in [0.25, 0.3) is 0 Å². The van der Waals surface area contributed by atoms with Gasteiger partial charge in [0.2, 0.25) is 5.91 Å². The Morgan fingerprint density at radius 2 is 1.82 bits per heavy atom. The highest BCUT2D eigenvalue weighted by Crippen LogP contribution is 2.40. The standard InChI is InChI=1S/C29H26N4O4S/c1-18-6-2-3-7-21(18)31-25(34)15-17-33-27(26(32-29(33)38)22-8-4-5-16-30-22)24-14-13-23(37-24)19-9-11-20(12-10-19)28(35)36/h2-14,16,26-27H,15,17H2,1H3,(H,31,34)(H,32,38)(H,35,36)/t26-,27+/m0/s1. The maximum atomic E-state index is 12.8. The number of pyridine rings is 1. The van der Waals surface area contributed by atoms with Crippen molar-refractivity contribution >= 4 is 34.9 Å². The number of nitrogens with zero attached hydrogens (tertiary/aromatic N) is 2. The maximum absolute atomic E-state index is 12.8. The van der Waals surface area contributed by atoms with Crippen molar-refractivity contribution in [3.05, 3.63) is 108 Å². The number of aromatic carboxylic acids is 1. The van der Waals surface area contributed by atoms with Crippen LogP contribution in [-0.2, 0) is 4.79 Å². The SMILES string of the molecule is Cc1ccccc1NC(=O)CCN1C(=S)N[C@@H](c2ccccn2)[C@H]1c1ccc(-c2ccc(C(=O)O)cc2)o1. The van der Waals surface area contributed by atoms with Gasteiger partial charge in [-0.1, -0.05) is 36.4 Å². The van der Waals surface area contributed by atoms with E-state index in [0.29, 0.717) is 23.2 Å². The number of hydrogen-bond acceptors (Lipinski definition) is 5. The van der Waals surface area contributed by atoms with Crippen molar-refractivity contribution in [3.8, 4) is 11.3 Å². The number of furan rings is 1. The monoisotopic (exact) mass is 526 g/mol. The summed E-state index contributed by atoms with van der Waals surface area (Å²) in [5.74, 6) is 0.166. The van der Waals surface area contributed by atoms with E-state index >= 15 is 0 Å². The number of para-hydroxylation sites is 1. The molecule has 1 aliphatic rings. The zero-order valence-electron chi connectivity index (χ0n) is 20.6. The first-order chi connectivity index (χ1) is 18.4. The first-order valence-electron chi connectivity index (χ1n) is 12.2. The van der Waals surface area contributed by atoms with Crippen LogP contribution in [-0.4, -0.2) is 38.5 Å². The van der Waals surface area contributed by atoms with Crippen LogP contribution >= 0.6 is 12.2 Å². The fourth-order valence-corrected chi connectivity index (χ4v) is 4.88. The average Bonchev–Trinajstić information content (AvgIpc) is 3.54. The minimum Gasteiger partial charge on any atom is -0.478 e. The molecule has 0 radical (unpaired) electrons. The second-order valence-corrected chi connectivity index (χ2v) is 9.40. The molecule has 2 aromatic heterocycles. The molecule has 0 saturated carbocycles. The molecule has 192 valence electrons. The topological polar surface area (TPSA) is 108 Å². The van der Waals surface area contributed by atoms with Gasteiger partial charge in [0.05, 0.1) is 17.3 Å². The number of nitrogens with one attached hydrogen (secondary N) is 2. The minimum absolute atomic E-state index is 0.110. The number of carbonyl (C=O) groups excluding carboxylic acids is 1. The smallest absolute Gasteiger partial charge is 0.335 e. The van der Waals surface area contributed by atoms with Crippen LogP contribution in [0.5, 0.6) is 0 Å². The van der Waals surface area contributed by atoms with E-state index in [1.54, 1.807) is 30.5 Å². The van der Waals surface area contributed by atoms with Gasteiger partial charge >= 0.3 is 5.97 Å². The van der Waals surface area contributed by atoms with Crippen LogP contribution in [0.1, 0.15) is 45.9 Å². The second-order valence-electron chi connectivity index (χ2n) is 9.02. The third-order valence-corrected chi connectivity index (χ3v) is 6.88. The van der Waals surface area contributed by atoms with Crippen molar-refractivity contribution in [1.82, 2.24) is 15.2 Å². The molecule has 1 amide bonds. The Labute approximate surface area is 225 Å². The van der Waals surface area contributed by atoms with E-state index in [1.807, 2.05) is 66.4 Å². The molecule has 0 bridgehead atoms. The van der Waals surface area contributed by atoms with Crippen molar-refractivity contribution in [2.45, 2.75) is 25.4 Å². The average molecular weight is 527 g/mol. The Morgan fingerprint density at radius 1 is 1.05 bits per heavy atom. The number of thiocarbonyl (C=S) groups is 1. The van der Waals surface area contributed by atoms with Gasteiger partial charge in [0.1, 0.15) is 17.6 Å². The number of benzene rings is 2. The van der Waals surface area contributed by atoms with Gasteiger partial charge in [0.15, 0.2) is 5.11 Å². The molecule has 0 unspecified atom stereocenters. The highest BCUT2D eigenvalue weighted by atomic mass is 32.1. The number of rotatable bonds is 8. The van der Waals surface area contributed by atoms with Crippen LogP contribution < -0.4 is 10.6 Å². The van der Waals surface area contributed by atoms with Gasteiger partial charge in [-0.2, -0.15) is 0 Å². The Kier molecular flexibility index (Phi) is 7.19. The number of carbonyl (C=O) groups is 2. The summed E-state index contributed by atoms with van der Waals surface area (Å²) in [6.45, 7) is 2.33. The third kappa shape index (κ3) is 5.28. The highest BCUT2D eigenvalue weighted by molar-refractivity contribution is 7.80. The van der Waals surface area contributed by atoms with Gasteiger partial charge < -0.3 is 25.1 Å². The summed E-state index contributed by atoms with van der Waals surface area (Å²) in [4.78, 5) is 30.5. The third-order valence-electron chi connectivity index (χ3n) is 6.53. The Bertz CT molecular complexity index is 1470. The molecule has 0 spiro atoms. The predicted molar refractivity (Wildman–Crippen MR) is 148 cm³/mol. The van der Waals surface area contributed by atoms with E-state index in [1.165, 1.54) is 0 Å². The first-order valence-corrected chi connectivity index (χ1v) is 12.6. The van der Waals surface area contributed by atoms with Gasteiger partial charge in [-0.25, -0.2) is 4.79 Å². The van der Waals surface area contributed by atoms with Gasteiger partial charge in [-0.3, -0.25) is 9.78 Å². The van der Waals surface area contributed by atoms with Crippen LogP contribution in [0, 0.1) is 6.92 Å². The number of carboxylic acids is 1. The summed E-state index contributed by atoms with van der Waals surface area (Å²) in [6, 6.07) is 23.0. The van der Waals surface area contributed by atoms with Crippen molar-refractivity contribution in [2.24, 2.45) is 0 Å². The number of aryl methyl sites for hydroxylation is 1. The Hall–Kier alpha value is -4.50. The molecule has 0 aliphatic carbocycles. The summed E-state index contributed by atoms with van der Waals surface area (Å²) in [5, 5.41) is 16.0. The van der Waals surface area contributed by atoms with E-state index in [4.69, 9.17) is 16.6 Å². The zero-order chi connectivity index (χ0) is 26.6. The predicted octanol–water partition coefficient (Wildman–Crippen LogP) is 5.35. The number of anilines is 1. The van der Waals surface area contributed by atoms with Crippen LogP contribution in [0.4, 0.5) is 5.69 Å². The quantitative estimate of drug-likeness (QED) is 0.264. The van der Waals surface area contributed by atoms with Crippen LogP contribution in [0.3, 0.4) is 0 Å². The molecular weight excluding hydrogens is 500 g/mol. The summed E-state index contributed by atoms with van der Waals surface area (Å²) in [5.41, 5.74) is 3.54. The molecule has 9 heteroatoms.